The Morgan fingerprint density at radius 3 is 1.33 bits per heavy atom. The predicted octanol–water partition coefficient (Wildman–Crippen LogP) is 7.73. The summed E-state index contributed by atoms with van der Waals surface area (Å²) in [6, 6.07) is 0. The minimum absolute atomic E-state index is 0. The summed E-state index contributed by atoms with van der Waals surface area (Å²) in [6.07, 6.45) is 22.0. The van der Waals surface area contributed by atoms with Gasteiger partial charge < -0.3 is 24.1 Å². The van der Waals surface area contributed by atoms with E-state index in [1.54, 1.807) is 0 Å². The van der Waals surface area contributed by atoms with Crippen LogP contribution in [0.1, 0.15) is 156 Å². The number of carboxylic acids is 1. The van der Waals surface area contributed by atoms with Crippen molar-refractivity contribution in [3.8, 4) is 0 Å². The molecule has 0 N–H and O–H groups in total. The summed E-state index contributed by atoms with van der Waals surface area (Å²) in [5.41, 5.74) is 0. The van der Waals surface area contributed by atoms with Gasteiger partial charge in [-0.3, -0.25) is 0 Å². The molecule has 0 aliphatic heterocycles. The van der Waals surface area contributed by atoms with Crippen molar-refractivity contribution in [2.45, 2.75) is 168 Å². The summed E-state index contributed by atoms with van der Waals surface area (Å²) in [5, 5.41) is 12.4. The standard InChI is InChI=1S/C30H60O5.Zr/c1-5-9-13-14-15-16-17-18-19-20-21-22-23-24-28(33-25-10-6-2)30(29(31)32,34-26-11-7-3)35-27-12-8-4;/h28H,5-27H2,1-4H3,(H,31,32);/p-1. The van der Waals surface area contributed by atoms with Gasteiger partial charge in [-0.15, -0.1) is 0 Å². The van der Waals surface area contributed by atoms with Gasteiger partial charge in [0.2, 0.25) is 5.79 Å². The van der Waals surface area contributed by atoms with E-state index in [4.69, 9.17) is 14.2 Å². The molecule has 0 aliphatic rings. The third-order valence-electron chi connectivity index (χ3n) is 6.72. The molecule has 0 rings (SSSR count). The normalized spacial score (nSPS) is 12.4. The van der Waals surface area contributed by atoms with Gasteiger partial charge >= 0.3 is 0 Å². The van der Waals surface area contributed by atoms with Crippen molar-refractivity contribution in [2.75, 3.05) is 19.8 Å². The van der Waals surface area contributed by atoms with E-state index in [1.807, 2.05) is 0 Å². The van der Waals surface area contributed by atoms with Crippen LogP contribution in [0, 0.1) is 0 Å². The van der Waals surface area contributed by atoms with E-state index in [0.717, 1.165) is 51.4 Å². The minimum atomic E-state index is -1.81. The Morgan fingerprint density at radius 2 is 0.944 bits per heavy atom. The fraction of sp³-hybridized carbons (Fsp3) is 0.967. The van der Waals surface area contributed by atoms with Gasteiger partial charge in [-0.25, -0.2) is 0 Å². The zero-order valence-corrected chi connectivity index (χ0v) is 26.8. The Labute approximate surface area is 243 Å². The van der Waals surface area contributed by atoms with Crippen LogP contribution in [-0.4, -0.2) is 37.7 Å². The number of ether oxygens (including phenoxy) is 3. The van der Waals surface area contributed by atoms with E-state index in [9.17, 15) is 9.90 Å². The van der Waals surface area contributed by atoms with Gasteiger partial charge in [-0.05, 0) is 25.7 Å². The summed E-state index contributed by atoms with van der Waals surface area (Å²) in [4.78, 5) is 12.4. The first kappa shape index (κ1) is 38.4. The molecule has 0 fully saturated rings. The van der Waals surface area contributed by atoms with E-state index < -0.39 is 17.9 Å². The first-order valence-corrected chi connectivity index (χ1v) is 15.2. The quantitative estimate of drug-likeness (QED) is 0.0689. The monoisotopic (exact) mass is 589 g/mol. The molecule has 36 heavy (non-hydrogen) atoms. The second-order valence-corrected chi connectivity index (χ2v) is 10.1. The molecule has 1 atom stereocenters. The molecule has 0 saturated carbocycles. The Morgan fingerprint density at radius 1 is 0.583 bits per heavy atom. The van der Waals surface area contributed by atoms with Gasteiger partial charge in [0.1, 0.15) is 12.1 Å². The molecule has 0 aromatic carbocycles. The number of hydrogen-bond donors (Lipinski definition) is 0. The molecule has 0 saturated heterocycles. The molecule has 0 heterocycles. The molecular weight excluding hydrogens is 532 g/mol. The van der Waals surface area contributed by atoms with Crippen LogP contribution in [0.2, 0.25) is 0 Å². The van der Waals surface area contributed by atoms with Crippen molar-refractivity contribution in [3.63, 3.8) is 0 Å². The third kappa shape index (κ3) is 19.3. The average molecular weight is 591 g/mol. The first-order chi connectivity index (χ1) is 17.1. The van der Waals surface area contributed by atoms with Crippen molar-refractivity contribution in [1.82, 2.24) is 0 Å². The number of hydrogen-bond acceptors (Lipinski definition) is 5. The zero-order chi connectivity index (χ0) is 26.0. The Balaban J connectivity index is 0. The second kappa shape index (κ2) is 28.2. The maximum Gasteiger partial charge on any atom is 0.236 e. The fourth-order valence-electron chi connectivity index (χ4n) is 4.31. The largest absolute Gasteiger partial charge is 0.544 e. The molecule has 0 aromatic rings. The Hall–Kier alpha value is 0.233. The fourth-order valence-corrected chi connectivity index (χ4v) is 4.31. The molecule has 0 bridgehead atoms. The summed E-state index contributed by atoms with van der Waals surface area (Å²) < 4.78 is 18.0. The van der Waals surface area contributed by atoms with E-state index in [2.05, 4.69) is 27.7 Å². The van der Waals surface area contributed by atoms with Crippen LogP contribution in [0.5, 0.6) is 0 Å². The Bertz CT molecular complexity index is 451. The van der Waals surface area contributed by atoms with Crippen LogP contribution in [0.4, 0.5) is 0 Å². The number of unbranched alkanes of at least 4 members (excludes halogenated alkanes) is 15. The van der Waals surface area contributed by atoms with Crippen molar-refractivity contribution in [1.29, 1.82) is 0 Å². The molecular formula is C30H59O5Zr-. The van der Waals surface area contributed by atoms with Crippen LogP contribution >= 0.6 is 0 Å². The summed E-state index contributed by atoms with van der Waals surface area (Å²) in [5.74, 6) is -3.12. The maximum absolute atomic E-state index is 12.4. The van der Waals surface area contributed by atoms with Gasteiger partial charge in [0.05, 0.1) is 13.2 Å². The molecule has 0 aliphatic carbocycles. The summed E-state index contributed by atoms with van der Waals surface area (Å²) in [7, 11) is 0. The van der Waals surface area contributed by atoms with Crippen LogP contribution in [0.15, 0.2) is 0 Å². The van der Waals surface area contributed by atoms with E-state index in [-0.39, 0.29) is 26.2 Å². The van der Waals surface area contributed by atoms with Crippen LogP contribution in [0.3, 0.4) is 0 Å². The van der Waals surface area contributed by atoms with Crippen LogP contribution in [-0.2, 0) is 45.2 Å². The molecule has 0 aromatic heterocycles. The van der Waals surface area contributed by atoms with E-state index in [0.29, 0.717) is 26.2 Å². The maximum atomic E-state index is 12.4. The molecule has 6 heteroatoms. The predicted molar refractivity (Wildman–Crippen MR) is 144 cm³/mol. The number of carbonyl (C=O) groups is 1. The van der Waals surface area contributed by atoms with Gasteiger partial charge in [0, 0.05) is 32.8 Å². The summed E-state index contributed by atoms with van der Waals surface area (Å²) >= 11 is 0. The van der Waals surface area contributed by atoms with E-state index >= 15 is 0 Å². The minimum Gasteiger partial charge on any atom is -0.544 e. The van der Waals surface area contributed by atoms with Crippen molar-refractivity contribution in [3.05, 3.63) is 0 Å². The zero-order valence-electron chi connectivity index (χ0n) is 24.4. The van der Waals surface area contributed by atoms with Gasteiger partial charge in [0.25, 0.3) is 0 Å². The topological polar surface area (TPSA) is 67.8 Å². The average Bonchev–Trinajstić information content (AvgIpc) is 2.85. The van der Waals surface area contributed by atoms with Gasteiger partial charge in [0.15, 0.2) is 0 Å². The number of carboxylic acid groups (broad SMARTS) is 1. The SMILES string of the molecule is CCCCCCCCCCCCCCCC(OCCCC)C(OCCCC)(OCCCC)C(=O)[O-].[Zr]. The Kier molecular flexibility index (Phi) is 30.1. The van der Waals surface area contributed by atoms with Crippen molar-refractivity contribution < 1.29 is 50.3 Å². The van der Waals surface area contributed by atoms with Gasteiger partial charge in [-0.2, -0.15) is 0 Å². The molecule has 0 radical (unpaired) electrons. The number of rotatable bonds is 28. The number of carbonyl (C=O) groups excluding carboxylic acids is 1. The summed E-state index contributed by atoms with van der Waals surface area (Å²) in [6.45, 7) is 9.68. The molecule has 1 unspecified atom stereocenters. The van der Waals surface area contributed by atoms with Crippen LogP contribution in [0.25, 0.3) is 0 Å². The van der Waals surface area contributed by atoms with E-state index in [1.165, 1.54) is 70.6 Å². The first-order valence-electron chi connectivity index (χ1n) is 15.2. The van der Waals surface area contributed by atoms with Crippen LogP contribution < -0.4 is 5.11 Å². The molecule has 5 nitrogen and oxygen atoms in total. The molecule has 0 spiro atoms. The second-order valence-electron chi connectivity index (χ2n) is 10.1. The smallest absolute Gasteiger partial charge is 0.236 e. The van der Waals surface area contributed by atoms with Crippen molar-refractivity contribution in [2.24, 2.45) is 0 Å². The molecule has 0 amide bonds. The molecule has 214 valence electrons. The van der Waals surface area contributed by atoms with Crippen molar-refractivity contribution >= 4 is 5.97 Å². The third-order valence-corrected chi connectivity index (χ3v) is 6.72. The van der Waals surface area contributed by atoms with Gasteiger partial charge in [-0.1, -0.05) is 130 Å². The number of aliphatic carboxylic acids is 1.